The summed E-state index contributed by atoms with van der Waals surface area (Å²) < 4.78 is 3.52. The van der Waals surface area contributed by atoms with E-state index in [0.29, 0.717) is 0 Å². The number of para-hydroxylation sites is 2. The third-order valence-corrected chi connectivity index (χ3v) is 7.98. The van der Waals surface area contributed by atoms with Gasteiger partial charge < -0.3 is 4.57 Å². The number of hydrogen-bond acceptors (Lipinski definition) is 0. The minimum Gasteiger partial charge on any atom is -0.309 e. The molecule has 1 nitrogen and oxygen atoms in total. The molecule has 7 rings (SSSR count). The van der Waals surface area contributed by atoms with Crippen LogP contribution in [0.25, 0.3) is 60.9 Å². The summed E-state index contributed by atoms with van der Waals surface area (Å²) in [7, 11) is 0. The van der Waals surface area contributed by atoms with Gasteiger partial charge in [0.05, 0.1) is 16.7 Å². The van der Waals surface area contributed by atoms with Crippen molar-refractivity contribution >= 4 is 37.7 Å². The fourth-order valence-electron chi connectivity index (χ4n) is 5.50. The molecule has 0 amide bonds. The molecule has 38 heavy (non-hydrogen) atoms. The Morgan fingerprint density at radius 3 is 1.89 bits per heavy atom. The standard InChI is InChI=1S/C36H24BrN/c37-33-18-7-4-15-29(33)28-21-22-32-31-17-6-9-20-35(31)38(36(32)24-28)34-19-8-5-16-30(34)27-14-10-13-26(23-27)25-11-2-1-3-12-25/h1-24H. The molecule has 0 unspecified atom stereocenters. The summed E-state index contributed by atoms with van der Waals surface area (Å²) in [6.07, 6.45) is 0. The molecule has 0 bridgehead atoms. The van der Waals surface area contributed by atoms with Crippen molar-refractivity contribution in [2.45, 2.75) is 0 Å². The van der Waals surface area contributed by atoms with Gasteiger partial charge in [-0.05, 0) is 58.1 Å². The minimum absolute atomic E-state index is 1.10. The lowest BCUT2D eigenvalue weighted by molar-refractivity contribution is 1.18. The lowest BCUT2D eigenvalue weighted by Gasteiger charge is -2.15. The number of aromatic nitrogens is 1. The summed E-state index contributed by atoms with van der Waals surface area (Å²) in [4.78, 5) is 0. The molecule has 0 atom stereocenters. The van der Waals surface area contributed by atoms with E-state index in [-0.39, 0.29) is 0 Å². The average molecular weight is 550 g/mol. The number of benzene rings is 6. The van der Waals surface area contributed by atoms with Crippen molar-refractivity contribution in [3.8, 4) is 39.1 Å². The Morgan fingerprint density at radius 1 is 0.395 bits per heavy atom. The molecule has 0 N–H and O–H groups in total. The highest BCUT2D eigenvalue weighted by atomic mass is 79.9. The molecule has 1 heterocycles. The van der Waals surface area contributed by atoms with E-state index in [1.165, 1.54) is 60.9 Å². The van der Waals surface area contributed by atoms with Gasteiger partial charge in [-0.3, -0.25) is 0 Å². The summed E-state index contributed by atoms with van der Waals surface area (Å²) in [6.45, 7) is 0. The van der Waals surface area contributed by atoms with Gasteiger partial charge in [-0.1, -0.05) is 131 Å². The molecule has 0 aliphatic heterocycles. The van der Waals surface area contributed by atoms with E-state index in [1.807, 2.05) is 0 Å². The first-order chi connectivity index (χ1) is 18.8. The van der Waals surface area contributed by atoms with Crippen LogP contribution in [0, 0.1) is 0 Å². The fraction of sp³-hybridized carbons (Fsp3) is 0. The van der Waals surface area contributed by atoms with Crippen molar-refractivity contribution in [2.24, 2.45) is 0 Å². The summed E-state index contributed by atoms with van der Waals surface area (Å²) in [6, 6.07) is 52.1. The van der Waals surface area contributed by atoms with Gasteiger partial charge in [0.15, 0.2) is 0 Å². The topological polar surface area (TPSA) is 4.93 Å². The largest absolute Gasteiger partial charge is 0.309 e. The van der Waals surface area contributed by atoms with Crippen LogP contribution >= 0.6 is 15.9 Å². The first-order valence-corrected chi connectivity index (χ1v) is 13.6. The van der Waals surface area contributed by atoms with E-state index in [0.717, 1.165) is 4.47 Å². The maximum absolute atomic E-state index is 3.76. The Bertz CT molecular complexity index is 1930. The monoisotopic (exact) mass is 549 g/mol. The van der Waals surface area contributed by atoms with Gasteiger partial charge in [0.2, 0.25) is 0 Å². The predicted molar refractivity (Wildman–Crippen MR) is 165 cm³/mol. The van der Waals surface area contributed by atoms with E-state index in [4.69, 9.17) is 0 Å². The highest BCUT2D eigenvalue weighted by Crippen LogP contribution is 2.39. The quantitative estimate of drug-likeness (QED) is 0.205. The Kier molecular flexibility index (Phi) is 5.68. The third-order valence-electron chi connectivity index (χ3n) is 7.28. The van der Waals surface area contributed by atoms with Crippen LogP contribution in [0.3, 0.4) is 0 Å². The van der Waals surface area contributed by atoms with Gasteiger partial charge in [0.25, 0.3) is 0 Å². The van der Waals surface area contributed by atoms with E-state index in [2.05, 4.69) is 166 Å². The fourth-order valence-corrected chi connectivity index (χ4v) is 6.02. The van der Waals surface area contributed by atoms with E-state index in [1.54, 1.807) is 0 Å². The van der Waals surface area contributed by atoms with Crippen molar-refractivity contribution in [2.75, 3.05) is 0 Å². The molecular formula is C36H24BrN. The Labute approximate surface area is 230 Å². The van der Waals surface area contributed by atoms with Crippen LogP contribution in [0.15, 0.2) is 150 Å². The van der Waals surface area contributed by atoms with Crippen molar-refractivity contribution in [1.29, 1.82) is 0 Å². The van der Waals surface area contributed by atoms with Crippen LogP contribution in [-0.2, 0) is 0 Å². The van der Waals surface area contributed by atoms with Crippen molar-refractivity contribution in [3.63, 3.8) is 0 Å². The number of halogens is 1. The van der Waals surface area contributed by atoms with Crippen LogP contribution < -0.4 is 0 Å². The molecule has 2 heteroatoms. The van der Waals surface area contributed by atoms with Gasteiger partial charge in [-0.25, -0.2) is 0 Å². The first-order valence-electron chi connectivity index (χ1n) is 12.8. The average Bonchev–Trinajstić information content (AvgIpc) is 3.31. The van der Waals surface area contributed by atoms with Gasteiger partial charge >= 0.3 is 0 Å². The van der Waals surface area contributed by atoms with Crippen LogP contribution in [0.1, 0.15) is 0 Å². The molecule has 0 aliphatic carbocycles. The summed E-state index contributed by atoms with van der Waals surface area (Å²) >= 11 is 3.76. The molecule has 0 radical (unpaired) electrons. The Morgan fingerprint density at radius 2 is 1.03 bits per heavy atom. The normalized spacial score (nSPS) is 11.3. The zero-order valence-electron chi connectivity index (χ0n) is 20.7. The first kappa shape index (κ1) is 22.8. The third kappa shape index (κ3) is 3.86. The van der Waals surface area contributed by atoms with Crippen LogP contribution in [0.5, 0.6) is 0 Å². The summed E-state index contributed by atoms with van der Waals surface area (Å²) in [5.41, 5.74) is 10.8. The second-order valence-corrected chi connectivity index (χ2v) is 10.4. The predicted octanol–water partition coefficient (Wildman–Crippen LogP) is 10.5. The molecule has 0 saturated heterocycles. The van der Waals surface area contributed by atoms with Gasteiger partial charge in [0.1, 0.15) is 0 Å². The van der Waals surface area contributed by atoms with Gasteiger partial charge in [0, 0.05) is 20.8 Å². The maximum atomic E-state index is 3.76. The number of rotatable bonds is 4. The van der Waals surface area contributed by atoms with E-state index >= 15 is 0 Å². The van der Waals surface area contributed by atoms with E-state index in [9.17, 15) is 0 Å². The van der Waals surface area contributed by atoms with Crippen molar-refractivity contribution < 1.29 is 0 Å². The smallest absolute Gasteiger partial charge is 0.0547 e. The second-order valence-electron chi connectivity index (χ2n) is 9.53. The van der Waals surface area contributed by atoms with Crippen LogP contribution in [0.2, 0.25) is 0 Å². The zero-order valence-corrected chi connectivity index (χ0v) is 22.3. The number of fused-ring (bicyclic) bond motifs is 3. The molecular weight excluding hydrogens is 526 g/mol. The van der Waals surface area contributed by atoms with Gasteiger partial charge in [-0.15, -0.1) is 0 Å². The number of nitrogens with zero attached hydrogens (tertiary/aromatic N) is 1. The molecule has 0 fully saturated rings. The molecule has 0 saturated carbocycles. The van der Waals surface area contributed by atoms with Crippen molar-refractivity contribution in [1.82, 2.24) is 4.57 Å². The highest BCUT2D eigenvalue weighted by Gasteiger charge is 2.16. The Hall–Kier alpha value is -4.40. The van der Waals surface area contributed by atoms with E-state index < -0.39 is 0 Å². The minimum atomic E-state index is 1.10. The SMILES string of the molecule is Brc1ccccc1-c1ccc2c3ccccc3n(-c3ccccc3-c3cccc(-c4ccccc4)c3)c2c1. The van der Waals surface area contributed by atoms with Crippen molar-refractivity contribution in [3.05, 3.63) is 150 Å². The molecule has 0 aliphatic rings. The molecule has 7 aromatic rings. The van der Waals surface area contributed by atoms with Gasteiger partial charge in [-0.2, -0.15) is 0 Å². The van der Waals surface area contributed by atoms with Crippen LogP contribution in [-0.4, -0.2) is 4.57 Å². The molecule has 6 aromatic carbocycles. The lowest BCUT2D eigenvalue weighted by Crippen LogP contribution is -1.97. The summed E-state index contributed by atoms with van der Waals surface area (Å²) in [5.74, 6) is 0. The second kappa shape index (κ2) is 9.48. The lowest BCUT2D eigenvalue weighted by atomic mass is 9.98. The zero-order chi connectivity index (χ0) is 25.5. The maximum Gasteiger partial charge on any atom is 0.0547 e. The Balaban J connectivity index is 1.49. The van der Waals surface area contributed by atoms with Crippen LogP contribution in [0.4, 0.5) is 0 Å². The highest BCUT2D eigenvalue weighted by molar-refractivity contribution is 9.10. The summed E-state index contributed by atoms with van der Waals surface area (Å²) in [5, 5.41) is 2.51. The molecule has 1 aromatic heterocycles. The number of hydrogen-bond donors (Lipinski definition) is 0. The molecule has 180 valence electrons. The molecule has 0 spiro atoms.